The highest BCUT2D eigenvalue weighted by atomic mass is 16.3. The first kappa shape index (κ1) is 18.0. The average Bonchev–Trinajstić information content (AvgIpc) is 2.45. The van der Waals surface area contributed by atoms with Gasteiger partial charge in [0.15, 0.2) is 0 Å². The van der Waals surface area contributed by atoms with E-state index in [1.807, 2.05) is 38.8 Å². The van der Waals surface area contributed by atoms with Gasteiger partial charge in [0, 0.05) is 6.04 Å². The van der Waals surface area contributed by atoms with Crippen LogP contribution in [0.15, 0.2) is 24.3 Å². The molecule has 0 spiro atoms. The number of nitriles is 1. The van der Waals surface area contributed by atoms with E-state index in [1.54, 1.807) is 25.1 Å². The van der Waals surface area contributed by atoms with E-state index in [0.29, 0.717) is 0 Å². The van der Waals surface area contributed by atoms with Crippen LogP contribution >= 0.6 is 0 Å². The monoisotopic (exact) mass is 303 g/mol. The molecule has 0 aliphatic heterocycles. The summed E-state index contributed by atoms with van der Waals surface area (Å²) in [5, 5.41) is 21.6. The number of nitrogens with one attached hydrogen (secondary N) is 1. The number of carbonyl (C=O) groups is 1. The summed E-state index contributed by atoms with van der Waals surface area (Å²) in [5.41, 5.74) is 0.0637. The third-order valence-electron chi connectivity index (χ3n) is 4.19. The van der Waals surface area contributed by atoms with Gasteiger partial charge in [-0.1, -0.05) is 26.0 Å². The van der Waals surface area contributed by atoms with E-state index >= 15 is 0 Å². The summed E-state index contributed by atoms with van der Waals surface area (Å²) >= 11 is 0. The van der Waals surface area contributed by atoms with Gasteiger partial charge in [-0.05, 0) is 44.5 Å². The third-order valence-corrected chi connectivity index (χ3v) is 4.19. The second-order valence-corrected chi connectivity index (χ2v) is 6.20. The van der Waals surface area contributed by atoms with Gasteiger partial charge >= 0.3 is 0 Å². The molecule has 1 aromatic rings. The van der Waals surface area contributed by atoms with Gasteiger partial charge < -0.3 is 10.4 Å². The molecule has 2 N–H and O–H groups in total. The van der Waals surface area contributed by atoms with Crippen molar-refractivity contribution in [1.82, 2.24) is 10.2 Å². The largest absolute Gasteiger partial charge is 0.508 e. The minimum absolute atomic E-state index is 0.0229. The van der Waals surface area contributed by atoms with E-state index < -0.39 is 5.54 Å². The number of aromatic hydroxyl groups is 1. The smallest absolute Gasteiger partial charge is 0.235 e. The lowest BCUT2D eigenvalue weighted by Gasteiger charge is -2.30. The van der Waals surface area contributed by atoms with Crippen LogP contribution in [0, 0.1) is 17.2 Å². The fraction of sp³-hybridized carbons (Fsp3) is 0.529. The lowest BCUT2D eigenvalue weighted by molar-refractivity contribution is -0.124. The molecule has 0 fully saturated rings. The van der Waals surface area contributed by atoms with Crippen LogP contribution in [0.4, 0.5) is 0 Å². The number of phenolic OH excluding ortho intramolecular Hbond substituents is 1. The summed E-state index contributed by atoms with van der Waals surface area (Å²) in [6.45, 7) is 7.69. The molecule has 0 unspecified atom stereocenters. The van der Waals surface area contributed by atoms with E-state index in [9.17, 15) is 15.2 Å². The van der Waals surface area contributed by atoms with E-state index in [0.717, 1.165) is 5.56 Å². The second kappa shape index (κ2) is 7.28. The van der Waals surface area contributed by atoms with Crippen LogP contribution in [0.25, 0.3) is 0 Å². The molecule has 5 nitrogen and oxygen atoms in total. The van der Waals surface area contributed by atoms with Gasteiger partial charge in [-0.15, -0.1) is 0 Å². The zero-order valence-corrected chi connectivity index (χ0v) is 13.9. The molecule has 0 aromatic heterocycles. The van der Waals surface area contributed by atoms with Gasteiger partial charge in [-0.3, -0.25) is 9.69 Å². The molecule has 0 bridgehead atoms. The number of likely N-dealkylation sites (N-methyl/N-ethyl adjacent to an activating group) is 1. The molecule has 0 radical (unpaired) electrons. The van der Waals surface area contributed by atoms with Crippen molar-refractivity contribution in [1.29, 1.82) is 5.26 Å². The second-order valence-electron chi connectivity index (χ2n) is 6.20. The fourth-order valence-corrected chi connectivity index (χ4v) is 2.03. The maximum absolute atomic E-state index is 12.2. The van der Waals surface area contributed by atoms with Crippen molar-refractivity contribution in [3.05, 3.63) is 29.8 Å². The van der Waals surface area contributed by atoms with E-state index in [2.05, 4.69) is 11.4 Å². The zero-order chi connectivity index (χ0) is 16.9. The number of phenols is 1. The Bertz CT molecular complexity index is 565. The van der Waals surface area contributed by atoms with E-state index in [4.69, 9.17) is 0 Å². The van der Waals surface area contributed by atoms with Crippen molar-refractivity contribution < 1.29 is 9.90 Å². The van der Waals surface area contributed by atoms with Crippen molar-refractivity contribution in [3.8, 4) is 11.8 Å². The summed E-state index contributed by atoms with van der Waals surface area (Å²) in [4.78, 5) is 14.1. The van der Waals surface area contributed by atoms with Crippen LogP contribution in [0.1, 0.15) is 39.3 Å². The Morgan fingerprint density at radius 1 is 1.45 bits per heavy atom. The standard InChI is InChI=1S/C17H25N3O2/c1-12(2)17(4,11-18)19-16(22)10-20(5)13(3)14-7-6-8-15(21)9-14/h6-9,12-13,21H,10H2,1-5H3,(H,19,22)/t13-,17+/m0/s1. The van der Waals surface area contributed by atoms with E-state index in [-0.39, 0.29) is 30.2 Å². The topological polar surface area (TPSA) is 76.4 Å². The van der Waals surface area contributed by atoms with Gasteiger partial charge in [0.05, 0.1) is 12.6 Å². The Morgan fingerprint density at radius 2 is 2.09 bits per heavy atom. The maximum atomic E-state index is 12.2. The maximum Gasteiger partial charge on any atom is 0.235 e. The van der Waals surface area contributed by atoms with Crippen LogP contribution < -0.4 is 5.32 Å². The highest BCUT2D eigenvalue weighted by Crippen LogP contribution is 2.22. The first-order valence-electron chi connectivity index (χ1n) is 7.41. The highest BCUT2D eigenvalue weighted by molar-refractivity contribution is 5.79. The Balaban J connectivity index is 2.70. The minimum Gasteiger partial charge on any atom is -0.508 e. The van der Waals surface area contributed by atoms with Gasteiger partial charge in [0.2, 0.25) is 5.91 Å². The minimum atomic E-state index is -0.869. The first-order chi connectivity index (χ1) is 10.2. The fourth-order valence-electron chi connectivity index (χ4n) is 2.03. The van der Waals surface area contributed by atoms with Crippen LogP contribution in [0.5, 0.6) is 5.75 Å². The molecule has 0 heterocycles. The quantitative estimate of drug-likeness (QED) is 0.846. The number of amides is 1. The Kier molecular flexibility index (Phi) is 5.95. The highest BCUT2D eigenvalue weighted by Gasteiger charge is 2.30. The third kappa shape index (κ3) is 4.47. The summed E-state index contributed by atoms with van der Waals surface area (Å²) in [6.07, 6.45) is 0. The molecule has 120 valence electrons. The number of hydrogen-bond donors (Lipinski definition) is 2. The van der Waals surface area contributed by atoms with E-state index in [1.165, 1.54) is 0 Å². The molecule has 0 aliphatic carbocycles. The van der Waals surface area contributed by atoms with Crippen LogP contribution in [-0.2, 0) is 4.79 Å². The lowest BCUT2D eigenvalue weighted by atomic mass is 9.90. The normalized spacial score (nSPS) is 15.2. The summed E-state index contributed by atoms with van der Waals surface area (Å²) in [5.74, 6) is 0.0431. The molecule has 0 aliphatic rings. The van der Waals surface area contributed by atoms with Crippen molar-refractivity contribution >= 4 is 5.91 Å². The molecular weight excluding hydrogens is 278 g/mol. The number of nitrogens with zero attached hydrogens (tertiary/aromatic N) is 2. The number of carbonyl (C=O) groups excluding carboxylic acids is 1. The van der Waals surface area contributed by atoms with Crippen LogP contribution in [0.3, 0.4) is 0 Å². The number of rotatable bonds is 6. The molecule has 0 saturated carbocycles. The average molecular weight is 303 g/mol. The van der Waals surface area contributed by atoms with Crippen molar-refractivity contribution in [2.75, 3.05) is 13.6 Å². The molecule has 1 rings (SSSR count). The molecule has 1 aromatic carbocycles. The zero-order valence-electron chi connectivity index (χ0n) is 13.9. The number of benzene rings is 1. The summed E-state index contributed by atoms with van der Waals surface area (Å²) in [7, 11) is 1.84. The Morgan fingerprint density at radius 3 is 2.59 bits per heavy atom. The van der Waals surface area contributed by atoms with Crippen LogP contribution in [0.2, 0.25) is 0 Å². The first-order valence-corrected chi connectivity index (χ1v) is 7.41. The molecule has 5 heteroatoms. The van der Waals surface area contributed by atoms with Crippen molar-refractivity contribution in [2.45, 2.75) is 39.3 Å². The summed E-state index contributed by atoms with van der Waals surface area (Å²) < 4.78 is 0. The Labute approximate surface area is 132 Å². The van der Waals surface area contributed by atoms with Crippen molar-refractivity contribution in [2.24, 2.45) is 5.92 Å². The van der Waals surface area contributed by atoms with Gasteiger partial charge in [-0.2, -0.15) is 5.26 Å². The predicted molar refractivity (Wildman–Crippen MR) is 86.2 cm³/mol. The molecule has 2 atom stereocenters. The molecule has 0 saturated heterocycles. The molecular formula is C17H25N3O2. The number of hydrogen-bond acceptors (Lipinski definition) is 4. The predicted octanol–water partition coefficient (Wildman–Crippen LogP) is 2.44. The van der Waals surface area contributed by atoms with Gasteiger partial charge in [0.25, 0.3) is 0 Å². The SMILES string of the molecule is CC(C)[C@@](C)(C#N)NC(=O)CN(C)[C@@H](C)c1cccc(O)c1. The molecule has 22 heavy (non-hydrogen) atoms. The van der Waals surface area contributed by atoms with Crippen molar-refractivity contribution in [3.63, 3.8) is 0 Å². The van der Waals surface area contributed by atoms with Crippen LogP contribution in [-0.4, -0.2) is 35.0 Å². The summed E-state index contributed by atoms with van der Waals surface area (Å²) in [6, 6.07) is 9.13. The molecule has 1 amide bonds. The Hall–Kier alpha value is -2.06. The lowest BCUT2D eigenvalue weighted by Crippen LogP contribution is -2.51. The van der Waals surface area contributed by atoms with Gasteiger partial charge in [0.1, 0.15) is 11.3 Å². The van der Waals surface area contributed by atoms with Gasteiger partial charge in [-0.25, -0.2) is 0 Å².